The van der Waals surface area contributed by atoms with Crippen LogP contribution in [0, 0.1) is 31.6 Å². The molecule has 0 radical (unpaired) electrons. The third-order valence-corrected chi connectivity index (χ3v) is 7.22. The number of hydrogen-bond acceptors (Lipinski definition) is 3. The molecule has 0 unspecified atom stereocenters. The minimum absolute atomic E-state index is 0.194. The van der Waals surface area contributed by atoms with Crippen LogP contribution in [0.4, 0.5) is 13.2 Å². The first-order valence-electron chi connectivity index (χ1n) is 12.6. The number of aromatic amines is 1. The molecule has 0 spiro atoms. The number of halogens is 4. The van der Waals surface area contributed by atoms with Crippen molar-refractivity contribution in [3.63, 3.8) is 0 Å². The van der Waals surface area contributed by atoms with Gasteiger partial charge in [0.1, 0.15) is 10.8 Å². The van der Waals surface area contributed by atoms with E-state index >= 15 is 0 Å². The van der Waals surface area contributed by atoms with E-state index in [9.17, 15) is 18.0 Å². The maximum absolute atomic E-state index is 12.7. The molecule has 4 nitrogen and oxygen atoms in total. The predicted molar refractivity (Wildman–Crippen MR) is 144 cm³/mol. The average Bonchev–Trinajstić information content (AvgIpc) is 3.37. The lowest BCUT2D eigenvalue weighted by atomic mass is 10.0. The summed E-state index contributed by atoms with van der Waals surface area (Å²) in [5.74, 6) is 6.83. The van der Waals surface area contributed by atoms with E-state index in [1.54, 1.807) is 19.1 Å². The highest BCUT2D eigenvalue weighted by molar-refractivity contribution is 6.31. The molecular weight excluding hydrogens is 513 g/mol. The molecule has 1 aliphatic carbocycles. The summed E-state index contributed by atoms with van der Waals surface area (Å²) in [6.45, 7) is 5.64. The van der Waals surface area contributed by atoms with Gasteiger partial charge in [-0.1, -0.05) is 60.5 Å². The van der Waals surface area contributed by atoms with Gasteiger partial charge in [0.25, 0.3) is 0 Å². The Morgan fingerprint density at radius 3 is 2.32 bits per heavy atom. The molecule has 1 heterocycles. The molecule has 38 heavy (non-hydrogen) atoms. The van der Waals surface area contributed by atoms with Crippen LogP contribution >= 0.6 is 11.6 Å². The summed E-state index contributed by atoms with van der Waals surface area (Å²) in [4.78, 5) is 18.1. The molecule has 1 N–H and O–H groups in total. The molecule has 4 rings (SSSR count). The summed E-state index contributed by atoms with van der Waals surface area (Å²) in [7, 11) is 0. The van der Waals surface area contributed by atoms with Gasteiger partial charge in [-0.2, -0.15) is 0 Å². The van der Waals surface area contributed by atoms with Crippen molar-refractivity contribution in [2.45, 2.75) is 52.4 Å². The van der Waals surface area contributed by atoms with Crippen LogP contribution < -0.4 is 10.2 Å². The molecule has 0 bridgehead atoms. The molecule has 1 fully saturated rings. The molecule has 3 aromatic rings. The van der Waals surface area contributed by atoms with Gasteiger partial charge in [0.05, 0.1) is 6.54 Å². The Labute approximate surface area is 225 Å². The monoisotopic (exact) mass is 542 g/mol. The average molecular weight is 543 g/mol. The number of alkyl halides is 3. The van der Waals surface area contributed by atoms with Gasteiger partial charge < -0.3 is 9.72 Å². The van der Waals surface area contributed by atoms with Gasteiger partial charge in [0.15, 0.2) is 0 Å². The second-order valence-corrected chi connectivity index (χ2v) is 10.2. The van der Waals surface area contributed by atoms with Crippen LogP contribution in [-0.2, 0) is 6.54 Å². The minimum Gasteiger partial charge on any atom is -0.406 e. The highest BCUT2D eigenvalue weighted by Crippen LogP contribution is 2.27. The number of pyridine rings is 1. The molecule has 1 aromatic heterocycles. The van der Waals surface area contributed by atoms with E-state index < -0.39 is 6.36 Å². The van der Waals surface area contributed by atoms with Gasteiger partial charge in [-0.25, -0.2) is 0 Å². The van der Waals surface area contributed by atoms with E-state index in [1.807, 2.05) is 31.2 Å². The molecule has 0 atom stereocenters. The first-order valence-corrected chi connectivity index (χ1v) is 13.0. The fourth-order valence-corrected chi connectivity index (χ4v) is 5.11. The Bertz CT molecular complexity index is 1360. The second-order valence-electron chi connectivity index (χ2n) is 9.78. The first-order chi connectivity index (χ1) is 18.1. The normalized spacial score (nSPS) is 14.0. The number of nitrogens with one attached hydrogen (secondary N) is 1. The Hall–Kier alpha value is -3.21. The van der Waals surface area contributed by atoms with Crippen molar-refractivity contribution in [3.05, 3.63) is 86.3 Å². The minimum atomic E-state index is -4.70. The Morgan fingerprint density at radius 2 is 1.68 bits per heavy atom. The number of benzene rings is 2. The van der Waals surface area contributed by atoms with E-state index in [0.29, 0.717) is 30.3 Å². The van der Waals surface area contributed by atoms with Crippen LogP contribution in [0.3, 0.4) is 0 Å². The Morgan fingerprint density at radius 1 is 1.03 bits per heavy atom. The fourth-order valence-electron chi connectivity index (χ4n) is 4.97. The number of aryl methyl sites for hydroxylation is 2. The molecule has 2 aromatic carbocycles. The number of hydrogen-bond donors (Lipinski definition) is 1. The van der Waals surface area contributed by atoms with Crippen molar-refractivity contribution >= 4 is 11.6 Å². The van der Waals surface area contributed by atoms with Gasteiger partial charge in [0, 0.05) is 35.6 Å². The lowest BCUT2D eigenvalue weighted by Crippen LogP contribution is -2.28. The zero-order chi connectivity index (χ0) is 27.3. The van der Waals surface area contributed by atoms with E-state index in [4.69, 9.17) is 11.6 Å². The van der Waals surface area contributed by atoms with Crippen LogP contribution in [0.25, 0.3) is 11.1 Å². The van der Waals surface area contributed by atoms with Gasteiger partial charge in [-0.15, -0.1) is 13.2 Å². The van der Waals surface area contributed by atoms with E-state index in [0.717, 1.165) is 28.9 Å². The number of H-pyrrole nitrogens is 1. The third kappa shape index (κ3) is 7.43. The SMILES string of the molecule is Cc1[nH]c(C)c(-c2ccc(C#CCN(Cc3ccc(OC(F)(F)F)cc3)CC3CCCC3)cc2)c(=O)c1Cl. The van der Waals surface area contributed by atoms with E-state index in [-0.39, 0.29) is 16.2 Å². The number of nitrogens with zero attached hydrogens (tertiary/aromatic N) is 1. The largest absolute Gasteiger partial charge is 0.573 e. The number of ether oxygens (including phenoxy) is 1. The van der Waals surface area contributed by atoms with Gasteiger partial charge in [-0.3, -0.25) is 9.69 Å². The third-order valence-electron chi connectivity index (χ3n) is 6.77. The zero-order valence-corrected chi connectivity index (χ0v) is 22.2. The molecule has 1 aliphatic rings. The van der Waals surface area contributed by atoms with Crippen molar-refractivity contribution in [3.8, 4) is 28.7 Å². The molecule has 8 heteroatoms. The summed E-state index contributed by atoms with van der Waals surface area (Å²) in [5, 5.41) is 0.194. The van der Waals surface area contributed by atoms with Gasteiger partial charge in [0.2, 0.25) is 5.43 Å². The molecule has 200 valence electrons. The van der Waals surface area contributed by atoms with Crippen molar-refractivity contribution < 1.29 is 17.9 Å². The molecule has 1 saturated carbocycles. The van der Waals surface area contributed by atoms with Crippen molar-refractivity contribution in [2.24, 2.45) is 5.92 Å². The lowest BCUT2D eigenvalue weighted by molar-refractivity contribution is -0.274. The van der Waals surface area contributed by atoms with E-state index in [2.05, 4.69) is 26.5 Å². The van der Waals surface area contributed by atoms with E-state index in [1.165, 1.54) is 37.8 Å². The second kappa shape index (κ2) is 12.1. The van der Waals surface area contributed by atoms with Crippen molar-refractivity contribution in [1.82, 2.24) is 9.88 Å². The smallest absolute Gasteiger partial charge is 0.406 e. The first kappa shape index (κ1) is 27.8. The predicted octanol–water partition coefficient (Wildman–Crippen LogP) is 7.25. The van der Waals surface area contributed by atoms with Crippen LogP contribution in [0.2, 0.25) is 5.02 Å². The number of aromatic nitrogens is 1. The highest BCUT2D eigenvalue weighted by Gasteiger charge is 2.31. The summed E-state index contributed by atoms with van der Waals surface area (Å²) in [5.41, 5.74) is 4.27. The standard InChI is InChI=1S/C30H30ClF3N2O2/c1-20-27(29(37)28(31)21(2)35-20)25-13-9-22(10-14-25)8-5-17-36(18-23-6-3-4-7-23)19-24-11-15-26(16-12-24)38-30(32,33)34/h9-16,23H,3-4,6-7,17-19H2,1-2H3,(H,35,37). The van der Waals surface area contributed by atoms with Crippen LogP contribution in [0.5, 0.6) is 5.75 Å². The van der Waals surface area contributed by atoms with Gasteiger partial charge >= 0.3 is 6.36 Å². The van der Waals surface area contributed by atoms with Crippen LogP contribution in [-0.4, -0.2) is 29.3 Å². The Kier molecular flexibility index (Phi) is 8.86. The molecule has 0 amide bonds. The lowest BCUT2D eigenvalue weighted by Gasteiger charge is -2.23. The van der Waals surface area contributed by atoms with Crippen molar-refractivity contribution in [2.75, 3.05) is 13.1 Å². The summed E-state index contributed by atoms with van der Waals surface area (Å²) in [6.07, 6.45) is 0.130. The topological polar surface area (TPSA) is 45.3 Å². The van der Waals surface area contributed by atoms with Crippen LogP contribution in [0.1, 0.15) is 48.2 Å². The van der Waals surface area contributed by atoms with Gasteiger partial charge in [-0.05, 0) is 68.0 Å². The summed E-state index contributed by atoms with van der Waals surface area (Å²) >= 11 is 6.16. The highest BCUT2D eigenvalue weighted by atomic mass is 35.5. The maximum Gasteiger partial charge on any atom is 0.573 e. The molecular formula is C30H30ClF3N2O2. The van der Waals surface area contributed by atoms with Crippen LogP contribution in [0.15, 0.2) is 53.3 Å². The van der Waals surface area contributed by atoms with Crippen molar-refractivity contribution in [1.29, 1.82) is 0 Å². The summed E-state index contributed by atoms with van der Waals surface area (Å²) in [6, 6.07) is 13.5. The quantitative estimate of drug-likeness (QED) is 0.320. The fraction of sp³-hybridized carbons (Fsp3) is 0.367. The Balaban J connectivity index is 1.45. The number of rotatable bonds is 7. The maximum atomic E-state index is 12.7. The summed E-state index contributed by atoms with van der Waals surface area (Å²) < 4.78 is 41.4. The molecule has 0 aliphatic heterocycles. The zero-order valence-electron chi connectivity index (χ0n) is 21.4. The molecule has 0 saturated heterocycles.